The molecule has 1 heterocycles. The first-order valence-corrected chi connectivity index (χ1v) is 8.18. The molecule has 1 atom stereocenters. The lowest BCUT2D eigenvalue weighted by atomic mass is 9.84. The van der Waals surface area contributed by atoms with Crippen molar-refractivity contribution in [2.75, 3.05) is 19.7 Å². The van der Waals surface area contributed by atoms with Gasteiger partial charge in [-0.25, -0.2) is 0 Å². The minimum atomic E-state index is -0.507. The van der Waals surface area contributed by atoms with Crippen LogP contribution in [0.5, 0.6) is 5.75 Å². The Labute approximate surface area is 128 Å². The van der Waals surface area contributed by atoms with Gasteiger partial charge in [-0.05, 0) is 38.9 Å². The van der Waals surface area contributed by atoms with Crippen LogP contribution in [0.4, 0.5) is 0 Å². The lowest BCUT2D eigenvalue weighted by Crippen LogP contribution is -2.51. The molecule has 4 heteroatoms. The van der Waals surface area contributed by atoms with Crippen molar-refractivity contribution < 1.29 is 9.84 Å². The highest BCUT2D eigenvalue weighted by Gasteiger charge is 2.45. The Balaban J connectivity index is 2.30. The summed E-state index contributed by atoms with van der Waals surface area (Å²) in [5.74, 6) is 0.738. The van der Waals surface area contributed by atoms with Gasteiger partial charge in [0.15, 0.2) is 0 Å². The monoisotopic (exact) mass is 292 g/mol. The third-order valence-electron chi connectivity index (χ3n) is 4.73. The SMILES string of the molecule is CCOc1cncc(C(O)C2(N(CC)CC)CCCC2)c1. The Bertz CT molecular complexity index is 440. The van der Waals surface area contributed by atoms with Crippen molar-refractivity contribution in [3.05, 3.63) is 24.0 Å². The van der Waals surface area contributed by atoms with Crippen LogP contribution in [0.1, 0.15) is 58.1 Å². The van der Waals surface area contributed by atoms with Gasteiger partial charge in [-0.2, -0.15) is 0 Å². The second kappa shape index (κ2) is 7.23. The summed E-state index contributed by atoms with van der Waals surface area (Å²) in [4.78, 5) is 6.65. The van der Waals surface area contributed by atoms with Gasteiger partial charge in [-0.15, -0.1) is 0 Å². The maximum atomic E-state index is 11.1. The van der Waals surface area contributed by atoms with Crippen LogP contribution in [-0.4, -0.2) is 40.2 Å². The van der Waals surface area contributed by atoms with Crippen LogP contribution in [0.15, 0.2) is 18.5 Å². The molecule has 0 aromatic carbocycles. The van der Waals surface area contributed by atoms with E-state index in [0.29, 0.717) is 6.61 Å². The van der Waals surface area contributed by atoms with Gasteiger partial charge in [0, 0.05) is 11.8 Å². The summed E-state index contributed by atoms with van der Waals surface area (Å²) in [5.41, 5.74) is 0.727. The summed E-state index contributed by atoms with van der Waals surface area (Å²) in [7, 11) is 0. The average molecular weight is 292 g/mol. The molecule has 1 aliphatic carbocycles. The number of hydrogen-bond donors (Lipinski definition) is 1. The highest BCUT2D eigenvalue weighted by Crippen LogP contribution is 2.44. The molecular weight excluding hydrogens is 264 g/mol. The Morgan fingerprint density at radius 3 is 2.48 bits per heavy atom. The second-order valence-electron chi connectivity index (χ2n) is 5.77. The first-order valence-electron chi connectivity index (χ1n) is 8.18. The molecular formula is C17H28N2O2. The van der Waals surface area contributed by atoms with Crippen molar-refractivity contribution in [1.82, 2.24) is 9.88 Å². The van der Waals surface area contributed by atoms with Crippen molar-refractivity contribution in [2.24, 2.45) is 0 Å². The molecule has 21 heavy (non-hydrogen) atoms. The van der Waals surface area contributed by atoms with Gasteiger partial charge in [0.2, 0.25) is 0 Å². The topological polar surface area (TPSA) is 45.6 Å². The Morgan fingerprint density at radius 1 is 1.24 bits per heavy atom. The number of nitrogens with zero attached hydrogens (tertiary/aromatic N) is 2. The number of ether oxygens (including phenoxy) is 1. The lowest BCUT2D eigenvalue weighted by Gasteiger charge is -2.44. The van der Waals surface area contributed by atoms with E-state index in [1.54, 1.807) is 12.4 Å². The molecule has 0 amide bonds. The highest BCUT2D eigenvalue weighted by atomic mass is 16.5. The molecule has 0 radical (unpaired) electrons. The molecule has 0 aliphatic heterocycles. The zero-order chi connectivity index (χ0) is 15.3. The number of likely N-dealkylation sites (N-methyl/N-ethyl adjacent to an activating group) is 1. The molecule has 0 saturated heterocycles. The van der Waals surface area contributed by atoms with Crippen LogP contribution in [0.25, 0.3) is 0 Å². The van der Waals surface area contributed by atoms with Gasteiger partial charge in [-0.1, -0.05) is 26.7 Å². The van der Waals surface area contributed by atoms with Crippen LogP contribution < -0.4 is 4.74 Å². The second-order valence-corrected chi connectivity index (χ2v) is 5.77. The van der Waals surface area contributed by atoms with E-state index >= 15 is 0 Å². The molecule has 1 saturated carbocycles. The fraction of sp³-hybridized carbons (Fsp3) is 0.706. The molecule has 4 nitrogen and oxygen atoms in total. The largest absolute Gasteiger partial charge is 0.492 e. The van der Waals surface area contributed by atoms with Gasteiger partial charge in [0.05, 0.1) is 24.4 Å². The zero-order valence-electron chi connectivity index (χ0n) is 13.5. The number of aliphatic hydroxyl groups is 1. The molecule has 2 rings (SSSR count). The fourth-order valence-corrected chi connectivity index (χ4v) is 3.74. The number of aromatic nitrogens is 1. The quantitative estimate of drug-likeness (QED) is 0.838. The average Bonchev–Trinajstić information content (AvgIpc) is 2.99. The molecule has 1 unspecified atom stereocenters. The summed E-state index contributed by atoms with van der Waals surface area (Å²) >= 11 is 0. The number of aliphatic hydroxyl groups excluding tert-OH is 1. The Morgan fingerprint density at radius 2 is 1.90 bits per heavy atom. The Kier molecular flexibility index (Phi) is 5.59. The van der Waals surface area contributed by atoms with Crippen LogP contribution in [0.2, 0.25) is 0 Å². The van der Waals surface area contributed by atoms with E-state index < -0.39 is 6.10 Å². The van der Waals surface area contributed by atoms with Crippen molar-refractivity contribution in [3.63, 3.8) is 0 Å². The third kappa shape index (κ3) is 3.22. The first-order chi connectivity index (χ1) is 10.2. The molecule has 0 bridgehead atoms. The van der Waals surface area contributed by atoms with Crippen LogP contribution >= 0.6 is 0 Å². The summed E-state index contributed by atoms with van der Waals surface area (Å²) in [6.45, 7) is 8.84. The van der Waals surface area contributed by atoms with E-state index in [0.717, 1.165) is 37.2 Å². The molecule has 1 aromatic heterocycles. The van der Waals surface area contributed by atoms with Crippen molar-refractivity contribution in [1.29, 1.82) is 0 Å². The summed E-state index contributed by atoms with van der Waals surface area (Å²) < 4.78 is 5.52. The fourth-order valence-electron chi connectivity index (χ4n) is 3.74. The maximum Gasteiger partial charge on any atom is 0.137 e. The van der Waals surface area contributed by atoms with Crippen LogP contribution in [0.3, 0.4) is 0 Å². The van der Waals surface area contributed by atoms with E-state index in [9.17, 15) is 5.11 Å². The van der Waals surface area contributed by atoms with Gasteiger partial charge in [0.1, 0.15) is 5.75 Å². The van der Waals surface area contributed by atoms with E-state index in [2.05, 4.69) is 23.7 Å². The molecule has 1 aromatic rings. The molecule has 0 spiro atoms. The number of rotatable bonds is 7. The maximum absolute atomic E-state index is 11.1. The third-order valence-corrected chi connectivity index (χ3v) is 4.73. The van der Waals surface area contributed by atoms with E-state index in [4.69, 9.17) is 4.74 Å². The highest BCUT2D eigenvalue weighted by molar-refractivity contribution is 5.28. The van der Waals surface area contributed by atoms with Gasteiger partial charge >= 0.3 is 0 Å². The zero-order valence-corrected chi connectivity index (χ0v) is 13.5. The summed E-state index contributed by atoms with van der Waals surface area (Å²) in [5, 5.41) is 11.1. The van der Waals surface area contributed by atoms with E-state index in [1.807, 2.05) is 13.0 Å². The minimum Gasteiger partial charge on any atom is -0.492 e. The summed E-state index contributed by atoms with van der Waals surface area (Å²) in [6.07, 6.45) is 7.45. The van der Waals surface area contributed by atoms with E-state index in [-0.39, 0.29) is 5.54 Å². The smallest absolute Gasteiger partial charge is 0.137 e. The Hall–Kier alpha value is -1.13. The number of hydrogen-bond acceptors (Lipinski definition) is 4. The van der Waals surface area contributed by atoms with Gasteiger partial charge in [0.25, 0.3) is 0 Å². The number of pyridine rings is 1. The van der Waals surface area contributed by atoms with Gasteiger partial charge < -0.3 is 9.84 Å². The van der Waals surface area contributed by atoms with Crippen LogP contribution in [0, 0.1) is 0 Å². The minimum absolute atomic E-state index is 0.143. The van der Waals surface area contributed by atoms with Crippen molar-refractivity contribution in [2.45, 2.75) is 58.1 Å². The van der Waals surface area contributed by atoms with E-state index in [1.165, 1.54) is 12.8 Å². The predicted octanol–water partition coefficient (Wildman–Crippen LogP) is 3.17. The summed E-state index contributed by atoms with van der Waals surface area (Å²) in [6, 6.07) is 1.94. The molecule has 1 N–H and O–H groups in total. The standard InChI is InChI=1S/C17H28N2O2/c1-4-19(5-2)17(9-7-8-10-17)16(20)14-11-15(21-6-3)13-18-12-14/h11-13,16,20H,4-10H2,1-3H3. The molecule has 118 valence electrons. The normalized spacial score (nSPS) is 18.9. The lowest BCUT2D eigenvalue weighted by molar-refractivity contribution is -0.0271. The van der Waals surface area contributed by atoms with Crippen LogP contribution in [-0.2, 0) is 0 Å². The van der Waals surface area contributed by atoms with Crippen molar-refractivity contribution in [3.8, 4) is 5.75 Å². The molecule has 1 aliphatic rings. The molecule has 1 fully saturated rings. The predicted molar refractivity (Wildman–Crippen MR) is 84.5 cm³/mol. The van der Waals surface area contributed by atoms with Crippen molar-refractivity contribution >= 4 is 0 Å². The van der Waals surface area contributed by atoms with Gasteiger partial charge in [-0.3, -0.25) is 9.88 Å². The first kappa shape index (κ1) is 16.2.